The number of carboxylic acid groups (broad SMARTS) is 1. The van der Waals surface area contributed by atoms with Crippen LogP contribution in [0.2, 0.25) is 0 Å². The van der Waals surface area contributed by atoms with Crippen LogP contribution in [0, 0.1) is 18.7 Å². The maximum absolute atomic E-state index is 13.3. The number of aromatic nitrogens is 5. The largest absolute Gasteiger partial charge is 0.480 e. The second kappa shape index (κ2) is 6.77. The molecule has 3 heterocycles. The molecule has 0 fully saturated rings. The number of benzene rings is 1. The van der Waals surface area contributed by atoms with Gasteiger partial charge in [0.2, 0.25) is 0 Å². The molecule has 3 aromatic heterocycles. The predicted octanol–water partition coefficient (Wildman–Crippen LogP) is 2.84. The van der Waals surface area contributed by atoms with Gasteiger partial charge in [0.25, 0.3) is 5.56 Å². The van der Waals surface area contributed by atoms with E-state index in [1.807, 2.05) is 0 Å². The number of fused-ring (bicyclic) bond motifs is 3. The lowest BCUT2D eigenvalue weighted by Crippen LogP contribution is -2.33. The van der Waals surface area contributed by atoms with E-state index in [2.05, 4.69) is 15.3 Å². The van der Waals surface area contributed by atoms with Gasteiger partial charge in [-0.3, -0.25) is 9.36 Å². The monoisotopic (exact) mass is 395 g/mol. The van der Waals surface area contributed by atoms with Crippen molar-refractivity contribution in [3.05, 3.63) is 58.4 Å². The Morgan fingerprint density at radius 2 is 1.83 bits per heavy atom. The third-order valence-corrected chi connectivity index (χ3v) is 4.90. The van der Waals surface area contributed by atoms with Crippen LogP contribution in [0.4, 0.5) is 4.39 Å². The summed E-state index contributed by atoms with van der Waals surface area (Å²) in [5, 5.41) is 22.2. The molecule has 1 N–H and O–H groups in total. The second-order valence-electron chi connectivity index (χ2n) is 7.19. The molecule has 8 nitrogen and oxygen atoms in total. The first-order valence-electron chi connectivity index (χ1n) is 9.05. The molecule has 0 amide bonds. The minimum atomic E-state index is -1.09. The first-order chi connectivity index (χ1) is 13.8. The van der Waals surface area contributed by atoms with Gasteiger partial charge in [-0.05, 0) is 36.6 Å². The van der Waals surface area contributed by atoms with E-state index in [-0.39, 0.29) is 17.3 Å². The molecule has 29 heavy (non-hydrogen) atoms. The van der Waals surface area contributed by atoms with Crippen LogP contribution in [0.5, 0.6) is 0 Å². The van der Waals surface area contributed by atoms with Crippen molar-refractivity contribution in [2.24, 2.45) is 5.92 Å². The average molecular weight is 395 g/mol. The number of carboxylic acids is 1. The standard InChI is InChI=1S/C20H18FN5O3/c1-10(2)17(20(28)29)25-9-8-14-16(19(25)27)22-23-18-15(11(3)24-26(14)18)12-4-6-13(21)7-5-12/h4-10,17H,1-3H3,(H,28,29)/t17-/m1/s1. The quantitative estimate of drug-likeness (QED) is 0.570. The number of hydrogen-bond acceptors (Lipinski definition) is 5. The fourth-order valence-electron chi connectivity index (χ4n) is 3.57. The predicted molar refractivity (Wildman–Crippen MR) is 104 cm³/mol. The Kier molecular flexibility index (Phi) is 4.37. The van der Waals surface area contributed by atoms with E-state index in [4.69, 9.17) is 0 Å². The van der Waals surface area contributed by atoms with Gasteiger partial charge in [-0.1, -0.05) is 26.0 Å². The van der Waals surface area contributed by atoms with Gasteiger partial charge in [-0.15, -0.1) is 10.2 Å². The van der Waals surface area contributed by atoms with E-state index in [0.29, 0.717) is 22.4 Å². The van der Waals surface area contributed by atoms with Gasteiger partial charge < -0.3 is 5.11 Å². The van der Waals surface area contributed by atoms with Gasteiger partial charge >= 0.3 is 5.97 Å². The number of pyridine rings is 1. The first kappa shape index (κ1) is 18.7. The molecule has 4 aromatic rings. The fourth-order valence-corrected chi connectivity index (χ4v) is 3.57. The molecule has 1 atom stereocenters. The lowest BCUT2D eigenvalue weighted by molar-refractivity contribution is -0.142. The summed E-state index contributed by atoms with van der Waals surface area (Å²) in [7, 11) is 0. The minimum Gasteiger partial charge on any atom is -0.480 e. The molecule has 0 saturated heterocycles. The number of carbonyl (C=O) groups is 1. The van der Waals surface area contributed by atoms with Crippen molar-refractivity contribution in [3.63, 3.8) is 0 Å². The van der Waals surface area contributed by atoms with Gasteiger partial charge in [-0.25, -0.2) is 13.7 Å². The highest BCUT2D eigenvalue weighted by atomic mass is 19.1. The molecule has 0 bridgehead atoms. The van der Waals surface area contributed by atoms with Crippen LogP contribution in [0.1, 0.15) is 25.6 Å². The number of hydrogen-bond donors (Lipinski definition) is 1. The van der Waals surface area contributed by atoms with Crippen molar-refractivity contribution >= 4 is 22.6 Å². The lowest BCUT2D eigenvalue weighted by Gasteiger charge is -2.19. The van der Waals surface area contributed by atoms with Crippen molar-refractivity contribution in [1.29, 1.82) is 0 Å². The highest BCUT2D eigenvalue weighted by molar-refractivity contribution is 5.84. The topological polar surface area (TPSA) is 102 Å². The Morgan fingerprint density at radius 1 is 1.14 bits per heavy atom. The van der Waals surface area contributed by atoms with Crippen molar-refractivity contribution in [1.82, 2.24) is 24.4 Å². The summed E-state index contributed by atoms with van der Waals surface area (Å²) in [5.74, 6) is -1.74. The van der Waals surface area contributed by atoms with E-state index >= 15 is 0 Å². The molecule has 4 rings (SSSR count). The van der Waals surface area contributed by atoms with E-state index in [0.717, 1.165) is 10.1 Å². The molecule has 148 valence electrons. The normalized spacial score (nSPS) is 12.7. The van der Waals surface area contributed by atoms with Crippen LogP contribution in [-0.2, 0) is 4.79 Å². The number of aryl methyl sites for hydroxylation is 1. The average Bonchev–Trinajstić information content (AvgIpc) is 3.00. The highest BCUT2D eigenvalue weighted by Gasteiger charge is 2.26. The second-order valence-corrected chi connectivity index (χ2v) is 7.19. The number of halogens is 1. The van der Waals surface area contributed by atoms with Crippen LogP contribution in [-0.4, -0.2) is 35.5 Å². The smallest absolute Gasteiger partial charge is 0.327 e. The summed E-state index contributed by atoms with van der Waals surface area (Å²) in [6.45, 7) is 5.26. The maximum atomic E-state index is 13.3. The maximum Gasteiger partial charge on any atom is 0.327 e. The van der Waals surface area contributed by atoms with Crippen LogP contribution in [0.25, 0.3) is 27.8 Å². The first-order valence-corrected chi connectivity index (χ1v) is 9.05. The number of nitrogens with zero attached hydrogens (tertiary/aromatic N) is 5. The molecule has 0 radical (unpaired) electrons. The van der Waals surface area contributed by atoms with Crippen LogP contribution < -0.4 is 5.56 Å². The zero-order chi connectivity index (χ0) is 20.9. The van der Waals surface area contributed by atoms with Crippen LogP contribution in [0.3, 0.4) is 0 Å². The molecular weight excluding hydrogens is 377 g/mol. The van der Waals surface area contributed by atoms with Gasteiger partial charge in [-0.2, -0.15) is 5.10 Å². The molecule has 9 heteroatoms. The van der Waals surface area contributed by atoms with Gasteiger partial charge in [0.1, 0.15) is 17.4 Å². The summed E-state index contributed by atoms with van der Waals surface area (Å²) in [6.07, 6.45) is 1.44. The Balaban J connectivity index is 1.97. The van der Waals surface area contributed by atoms with E-state index in [1.54, 1.807) is 39.0 Å². The molecular formula is C20H18FN5O3. The Hall–Kier alpha value is -3.62. The molecule has 0 saturated carbocycles. The summed E-state index contributed by atoms with van der Waals surface area (Å²) in [6, 6.07) is 6.55. The molecule has 0 spiro atoms. The van der Waals surface area contributed by atoms with E-state index in [1.165, 1.54) is 22.8 Å². The van der Waals surface area contributed by atoms with Gasteiger partial charge in [0.15, 0.2) is 11.2 Å². The van der Waals surface area contributed by atoms with Crippen LogP contribution >= 0.6 is 0 Å². The third kappa shape index (κ3) is 2.95. The number of aliphatic carboxylic acids is 1. The Labute approximate surface area is 164 Å². The molecule has 0 aliphatic carbocycles. The van der Waals surface area contributed by atoms with Crippen LogP contribution in [0.15, 0.2) is 41.3 Å². The molecule has 1 aromatic carbocycles. The van der Waals surface area contributed by atoms with Crippen molar-refractivity contribution < 1.29 is 14.3 Å². The summed E-state index contributed by atoms with van der Waals surface area (Å²) in [4.78, 5) is 24.6. The molecule has 0 unspecified atom stereocenters. The van der Waals surface area contributed by atoms with Crippen molar-refractivity contribution in [3.8, 4) is 11.1 Å². The van der Waals surface area contributed by atoms with E-state index < -0.39 is 17.6 Å². The highest BCUT2D eigenvalue weighted by Crippen LogP contribution is 2.28. The van der Waals surface area contributed by atoms with Gasteiger partial charge in [0.05, 0.1) is 11.3 Å². The zero-order valence-electron chi connectivity index (χ0n) is 16.0. The summed E-state index contributed by atoms with van der Waals surface area (Å²) in [5.41, 5.74) is 2.39. The SMILES string of the molecule is Cc1nn2c(nnc3c(=O)n([C@@H](C(=O)O)C(C)C)ccc32)c1-c1ccc(F)cc1. The summed E-state index contributed by atoms with van der Waals surface area (Å²) < 4.78 is 16.0. The molecule has 0 aliphatic rings. The van der Waals surface area contributed by atoms with Crippen molar-refractivity contribution in [2.75, 3.05) is 0 Å². The Morgan fingerprint density at radius 3 is 2.45 bits per heavy atom. The number of rotatable bonds is 4. The third-order valence-electron chi connectivity index (χ3n) is 4.90. The minimum absolute atomic E-state index is 0.0278. The summed E-state index contributed by atoms with van der Waals surface area (Å²) >= 11 is 0. The zero-order valence-corrected chi connectivity index (χ0v) is 16.0. The lowest BCUT2D eigenvalue weighted by atomic mass is 10.0. The molecule has 0 aliphatic heterocycles. The van der Waals surface area contributed by atoms with Crippen molar-refractivity contribution in [2.45, 2.75) is 26.8 Å². The Bertz CT molecular complexity index is 1310. The fraction of sp³-hybridized carbons (Fsp3) is 0.250. The van der Waals surface area contributed by atoms with Gasteiger partial charge in [0, 0.05) is 6.20 Å². The van der Waals surface area contributed by atoms with E-state index in [9.17, 15) is 19.1 Å².